The molecule has 136 valence electrons. The molecule has 0 fully saturated rings. The number of benzene rings is 2. The minimum Gasteiger partial charge on any atom is -0.452 e. The lowest BCUT2D eigenvalue weighted by Crippen LogP contribution is -2.22. The van der Waals surface area contributed by atoms with Gasteiger partial charge in [0.25, 0.3) is 11.6 Å². The zero-order chi connectivity index (χ0) is 19.3. The molecule has 0 aliphatic carbocycles. The van der Waals surface area contributed by atoms with Gasteiger partial charge in [0.05, 0.1) is 16.1 Å². The summed E-state index contributed by atoms with van der Waals surface area (Å²) in [6.45, 7) is -0.817. The summed E-state index contributed by atoms with van der Waals surface area (Å²) in [6, 6.07) is 8.87. The van der Waals surface area contributed by atoms with Crippen LogP contribution in [0, 0.1) is 10.1 Å². The lowest BCUT2D eigenvalue weighted by Gasteiger charge is -2.12. The van der Waals surface area contributed by atoms with E-state index in [1.165, 1.54) is 18.2 Å². The third-order valence-electron chi connectivity index (χ3n) is 3.15. The minimum atomic E-state index is -4.74. The molecule has 1 amide bonds. The first kappa shape index (κ1) is 18.9. The van der Waals surface area contributed by atoms with Gasteiger partial charge in [0.2, 0.25) is 0 Å². The van der Waals surface area contributed by atoms with Crippen LogP contribution in [0.5, 0.6) is 0 Å². The predicted octanol–water partition coefficient (Wildman–Crippen LogP) is 3.41. The van der Waals surface area contributed by atoms with Crippen LogP contribution in [-0.2, 0) is 15.7 Å². The van der Waals surface area contributed by atoms with Crippen LogP contribution in [0.15, 0.2) is 48.5 Å². The molecular weight excluding hydrogens is 357 g/mol. The van der Waals surface area contributed by atoms with Crippen molar-refractivity contribution in [1.82, 2.24) is 0 Å². The van der Waals surface area contributed by atoms with Crippen LogP contribution in [0.25, 0.3) is 0 Å². The Morgan fingerprint density at radius 1 is 1.08 bits per heavy atom. The highest BCUT2D eigenvalue weighted by Gasteiger charge is 2.35. The maximum Gasteiger partial charge on any atom is 0.417 e. The molecule has 0 atom stereocenters. The molecule has 0 aromatic heterocycles. The molecule has 2 rings (SSSR count). The van der Waals surface area contributed by atoms with Crippen molar-refractivity contribution >= 4 is 23.3 Å². The van der Waals surface area contributed by atoms with Crippen molar-refractivity contribution in [2.24, 2.45) is 0 Å². The van der Waals surface area contributed by atoms with Crippen molar-refractivity contribution in [2.75, 3.05) is 11.9 Å². The number of carbonyl (C=O) groups is 2. The fourth-order valence-electron chi connectivity index (χ4n) is 1.98. The molecule has 0 aliphatic rings. The molecule has 0 saturated heterocycles. The first-order chi connectivity index (χ1) is 12.2. The van der Waals surface area contributed by atoms with Crippen LogP contribution in [0.3, 0.4) is 0 Å². The van der Waals surface area contributed by atoms with Gasteiger partial charge in [-0.25, -0.2) is 4.79 Å². The summed E-state index contributed by atoms with van der Waals surface area (Å²) >= 11 is 0. The molecule has 1 N–H and O–H groups in total. The van der Waals surface area contributed by atoms with Crippen molar-refractivity contribution in [3.8, 4) is 0 Å². The first-order valence-electron chi connectivity index (χ1n) is 7.06. The fraction of sp³-hybridized carbons (Fsp3) is 0.125. The highest BCUT2D eigenvalue weighted by Crippen LogP contribution is 2.32. The Morgan fingerprint density at radius 3 is 2.27 bits per heavy atom. The molecule has 0 heterocycles. The third-order valence-corrected chi connectivity index (χ3v) is 3.15. The molecule has 26 heavy (non-hydrogen) atoms. The maximum atomic E-state index is 12.8. The molecule has 2 aromatic carbocycles. The van der Waals surface area contributed by atoms with E-state index in [0.29, 0.717) is 0 Å². The van der Waals surface area contributed by atoms with Crippen molar-refractivity contribution in [3.05, 3.63) is 69.8 Å². The van der Waals surface area contributed by atoms with E-state index in [0.717, 1.165) is 30.3 Å². The van der Waals surface area contributed by atoms with E-state index in [9.17, 15) is 32.9 Å². The van der Waals surface area contributed by atoms with E-state index < -0.39 is 40.7 Å². The largest absolute Gasteiger partial charge is 0.452 e. The summed E-state index contributed by atoms with van der Waals surface area (Å²) < 4.78 is 43.1. The van der Waals surface area contributed by atoms with E-state index in [1.54, 1.807) is 0 Å². The van der Waals surface area contributed by atoms with E-state index in [4.69, 9.17) is 0 Å². The van der Waals surface area contributed by atoms with Gasteiger partial charge in [0.1, 0.15) is 0 Å². The van der Waals surface area contributed by atoms with Gasteiger partial charge in [-0.15, -0.1) is 0 Å². The number of carbonyl (C=O) groups excluding carboxylic acids is 2. The highest BCUT2D eigenvalue weighted by atomic mass is 19.4. The van der Waals surface area contributed by atoms with E-state index in [-0.39, 0.29) is 11.4 Å². The van der Waals surface area contributed by atoms with Gasteiger partial charge in [-0.05, 0) is 24.3 Å². The summed E-state index contributed by atoms with van der Waals surface area (Å²) in [5, 5.41) is 12.8. The number of alkyl halides is 3. The molecule has 0 radical (unpaired) electrons. The third kappa shape index (κ3) is 4.79. The monoisotopic (exact) mass is 368 g/mol. The number of nitro groups is 1. The van der Waals surface area contributed by atoms with Gasteiger partial charge >= 0.3 is 12.1 Å². The summed E-state index contributed by atoms with van der Waals surface area (Å²) in [5.74, 6) is -2.10. The van der Waals surface area contributed by atoms with Gasteiger partial charge in [0, 0.05) is 17.8 Å². The zero-order valence-corrected chi connectivity index (χ0v) is 12.9. The first-order valence-corrected chi connectivity index (χ1v) is 7.06. The number of nitro benzene ring substituents is 1. The van der Waals surface area contributed by atoms with Crippen LogP contribution in [0.4, 0.5) is 24.5 Å². The SMILES string of the molecule is O=C(COC(=O)c1ccccc1C(F)(F)F)Nc1ccc([N+](=O)[O-])cc1. The minimum absolute atomic E-state index is 0.182. The average molecular weight is 368 g/mol. The van der Waals surface area contributed by atoms with Gasteiger partial charge < -0.3 is 10.1 Å². The smallest absolute Gasteiger partial charge is 0.417 e. The molecule has 0 unspecified atom stereocenters. The fourth-order valence-corrected chi connectivity index (χ4v) is 1.98. The van der Waals surface area contributed by atoms with Crippen LogP contribution in [0.2, 0.25) is 0 Å². The normalized spacial score (nSPS) is 10.9. The number of hydrogen-bond donors (Lipinski definition) is 1. The number of anilines is 1. The number of nitrogens with one attached hydrogen (secondary N) is 1. The molecular formula is C16H11F3N2O5. The van der Waals surface area contributed by atoms with Gasteiger partial charge in [-0.1, -0.05) is 12.1 Å². The Bertz CT molecular complexity index is 835. The second kappa shape index (κ2) is 7.64. The van der Waals surface area contributed by atoms with Crippen molar-refractivity contribution in [3.63, 3.8) is 0 Å². The Hall–Kier alpha value is -3.43. The molecule has 2 aromatic rings. The Kier molecular flexibility index (Phi) is 5.55. The van der Waals surface area contributed by atoms with Crippen LogP contribution < -0.4 is 5.32 Å². The van der Waals surface area contributed by atoms with E-state index >= 15 is 0 Å². The zero-order valence-electron chi connectivity index (χ0n) is 12.9. The molecule has 0 spiro atoms. The van der Waals surface area contributed by atoms with Crippen LogP contribution in [-0.4, -0.2) is 23.4 Å². The number of non-ortho nitro benzene ring substituents is 1. The topological polar surface area (TPSA) is 98.5 Å². The summed E-state index contributed by atoms with van der Waals surface area (Å²) in [7, 11) is 0. The molecule has 0 saturated carbocycles. The van der Waals surface area contributed by atoms with Crippen molar-refractivity contribution < 1.29 is 32.4 Å². The number of nitrogens with zero attached hydrogens (tertiary/aromatic N) is 1. The van der Waals surface area contributed by atoms with Crippen LogP contribution in [0.1, 0.15) is 15.9 Å². The maximum absolute atomic E-state index is 12.8. The van der Waals surface area contributed by atoms with Crippen LogP contribution >= 0.6 is 0 Å². The second-order valence-corrected chi connectivity index (χ2v) is 4.97. The van der Waals surface area contributed by atoms with Crippen molar-refractivity contribution in [2.45, 2.75) is 6.18 Å². The number of hydrogen-bond acceptors (Lipinski definition) is 5. The van der Waals surface area contributed by atoms with Gasteiger partial charge in [0.15, 0.2) is 6.61 Å². The lowest BCUT2D eigenvalue weighted by atomic mass is 10.1. The quantitative estimate of drug-likeness (QED) is 0.495. The van der Waals surface area contributed by atoms with E-state index in [1.807, 2.05) is 0 Å². The molecule has 0 aliphatic heterocycles. The van der Waals surface area contributed by atoms with Gasteiger partial charge in [-0.2, -0.15) is 13.2 Å². The lowest BCUT2D eigenvalue weighted by molar-refractivity contribution is -0.384. The molecule has 0 bridgehead atoms. The highest BCUT2D eigenvalue weighted by molar-refractivity contribution is 5.96. The van der Waals surface area contributed by atoms with Crippen molar-refractivity contribution in [1.29, 1.82) is 0 Å². The second-order valence-electron chi connectivity index (χ2n) is 4.97. The number of rotatable bonds is 5. The number of amides is 1. The predicted molar refractivity (Wildman–Crippen MR) is 83.5 cm³/mol. The molecule has 7 nitrogen and oxygen atoms in total. The summed E-state index contributed by atoms with van der Waals surface area (Å²) in [4.78, 5) is 33.4. The number of halogens is 3. The number of ether oxygens (including phenoxy) is 1. The standard InChI is InChI=1S/C16H11F3N2O5/c17-16(18,19)13-4-2-1-3-12(13)15(23)26-9-14(22)20-10-5-7-11(8-6-10)21(24)25/h1-8H,9H2,(H,20,22). The number of esters is 1. The van der Waals surface area contributed by atoms with E-state index in [2.05, 4.69) is 10.1 Å². The summed E-state index contributed by atoms with van der Waals surface area (Å²) in [5.41, 5.74) is -1.85. The van der Waals surface area contributed by atoms with Gasteiger partial charge in [-0.3, -0.25) is 14.9 Å². The Balaban J connectivity index is 1.97. The molecule has 10 heteroatoms. The Labute approximate surface area is 144 Å². The summed E-state index contributed by atoms with van der Waals surface area (Å²) in [6.07, 6.45) is -4.74. The Morgan fingerprint density at radius 2 is 1.69 bits per heavy atom. The average Bonchev–Trinajstić information content (AvgIpc) is 2.59.